The molecule has 0 atom stereocenters. The van der Waals surface area contributed by atoms with Crippen molar-refractivity contribution in [1.29, 1.82) is 0 Å². The van der Waals surface area contributed by atoms with Gasteiger partial charge in [-0.2, -0.15) is 0 Å². The lowest BCUT2D eigenvalue weighted by Gasteiger charge is -2.05. The summed E-state index contributed by atoms with van der Waals surface area (Å²) in [5.74, 6) is -1.16. The summed E-state index contributed by atoms with van der Waals surface area (Å²) in [7, 11) is 0. The van der Waals surface area contributed by atoms with Gasteiger partial charge in [0.2, 0.25) is 0 Å². The van der Waals surface area contributed by atoms with Crippen LogP contribution in [0.3, 0.4) is 0 Å². The summed E-state index contributed by atoms with van der Waals surface area (Å²) >= 11 is 0. The smallest absolute Gasteiger partial charge is 0.331 e. The van der Waals surface area contributed by atoms with Crippen molar-refractivity contribution in [2.45, 2.75) is 143 Å². The summed E-state index contributed by atoms with van der Waals surface area (Å²) in [6, 6.07) is 9.72. The van der Waals surface area contributed by atoms with Gasteiger partial charge in [-0.3, -0.25) is 9.59 Å². The van der Waals surface area contributed by atoms with Gasteiger partial charge in [0, 0.05) is 25.0 Å². The molecule has 0 heterocycles. The fourth-order valence-corrected chi connectivity index (χ4v) is 4.09. The molecule has 0 radical (unpaired) electrons. The first kappa shape index (κ1) is 41.8. The van der Waals surface area contributed by atoms with Gasteiger partial charge in [-0.15, -0.1) is 0 Å². The van der Waals surface area contributed by atoms with Crippen molar-refractivity contribution in [2.75, 3.05) is 19.8 Å². The Morgan fingerprint density at radius 3 is 1.40 bits per heavy atom. The summed E-state index contributed by atoms with van der Waals surface area (Å²) in [5, 5.41) is 0. The first-order valence-corrected chi connectivity index (χ1v) is 17.3. The highest BCUT2D eigenvalue weighted by Crippen LogP contribution is 2.10. The lowest BCUT2D eigenvalue weighted by Crippen LogP contribution is -2.06. The third-order valence-electron chi connectivity index (χ3n) is 6.86. The third kappa shape index (κ3) is 30.6. The molecule has 0 unspecified atom stereocenters. The largest absolute Gasteiger partial charge is 0.466 e. The topological polar surface area (TPSA) is 105 Å². The van der Waals surface area contributed by atoms with Gasteiger partial charge in [0.15, 0.2) is 0 Å². The second-order valence-corrected chi connectivity index (χ2v) is 11.1. The fourth-order valence-electron chi connectivity index (χ4n) is 4.09. The van der Waals surface area contributed by atoms with Gasteiger partial charge in [-0.25, -0.2) is 9.59 Å². The van der Waals surface area contributed by atoms with Crippen molar-refractivity contribution in [3.05, 3.63) is 48.0 Å². The minimum atomic E-state index is -0.482. The van der Waals surface area contributed by atoms with Crippen LogP contribution in [-0.2, 0) is 44.7 Å². The van der Waals surface area contributed by atoms with E-state index >= 15 is 0 Å². The van der Waals surface area contributed by atoms with Crippen LogP contribution in [0.1, 0.15) is 142 Å². The van der Waals surface area contributed by atoms with Gasteiger partial charge in [0.05, 0.1) is 19.8 Å². The van der Waals surface area contributed by atoms with E-state index in [1.165, 1.54) is 0 Å². The molecule has 0 saturated heterocycles. The van der Waals surface area contributed by atoms with Crippen molar-refractivity contribution in [3.8, 4) is 0 Å². The molecule has 256 valence electrons. The molecular formula is C37H60O8. The van der Waals surface area contributed by atoms with Gasteiger partial charge in [-0.1, -0.05) is 122 Å². The molecule has 0 aromatic heterocycles. The molecule has 8 heteroatoms. The zero-order chi connectivity index (χ0) is 33.2. The van der Waals surface area contributed by atoms with Gasteiger partial charge >= 0.3 is 23.9 Å². The SMILES string of the molecule is CCCCCCOC(=O)C=CC(=O)OCCCCCC.CCCCOC(=O)CCCCCCCCC(=O)OCc1ccccc1. The Hall–Kier alpha value is -3.16. The normalized spacial score (nSPS) is 10.6. The molecule has 0 bridgehead atoms. The molecule has 0 aliphatic rings. The second-order valence-electron chi connectivity index (χ2n) is 11.1. The number of hydrogen-bond donors (Lipinski definition) is 0. The van der Waals surface area contributed by atoms with E-state index in [0.717, 1.165) is 120 Å². The van der Waals surface area contributed by atoms with Gasteiger partial charge < -0.3 is 18.9 Å². The minimum absolute atomic E-state index is 0.0744. The van der Waals surface area contributed by atoms with E-state index in [4.69, 9.17) is 18.9 Å². The first-order valence-electron chi connectivity index (χ1n) is 17.3. The number of hydrogen-bond acceptors (Lipinski definition) is 8. The van der Waals surface area contributed by atoms with Gasteiger partial charge in [0.25, 0.3) is 0 Å². The van der Waals surface area contributed by atoms with Crippen molar-refractivity contribution >= 4 is 23.9 Å². The van der Waals surface area contributed by atoms with Crippen LogP contribution >= 0.6 is 0 Å². The van der Waals surface area contributed by atoms with Crippen LogP contribution < -0.4 is 0 Å². The van der Waals surface area contributed by atoms with Gasteiger partial charge in [0.1, 0.15) is 6.61 Å². The van der Waals surface area contributed by atoms with E-state index in [2.05, 4.69) is 20.8 Å². The molecule has 0 saturated carbocycles. The van der Waals surface area contributed by atoms with Crippen molar-refractivity contribution in [1.82, 2.24) is 0 Å². The van der Waals surface area contributed by atoms with Crippen LogP contribution in [0, 0.1) is 0 Å². The Kier molecular flexibility index (Phi) is 30.0. The lowest BCUT2D eigenvalue weighted by atomic mass is 10.1. The summed E-state index contributed by atoms with van der Waals surface area (Å²) in [4.78, 5) is 45.6. The number of unbranched alkanes of at least 4 members (excludes halogenated alkanes) is 12. The molecule has 0 N–H and O–H groups in total. The number of benzene rings is 1. The van der Waals surface area contributed by atoms with Crippen LogP contribution in [0.15, 0.2) is 42.5 Å². The van der Waals surface area contributed by atoms with Crippen LogP contribution in [0.5, 0.6) is 0 Å². The lowest BCUT2D eigenvalue weighted by molar-refractivity contribution is -0.145. The highest BCUT2D eigenvalue weighted by Gasteiger charge is 2.05. The summed E-state index contributed by atoms with van der Waals surface area (Å²) < 4.78 is 20.3. The summed E-state index contributed by atoms with van der Waals surface area (Å²) in [5.41, 5.74) is 1.02. The fraction of sp³-hybridized carbons (Fsp3) is 0.676. The zero-order valence-corrected chi connectivity index (χ0v) is 28.4. The molecule has 1 rings (SSSR count). The van der Waals surface area contributed by atoms with Crippen LogP contribution in [0.25, 0.3) is 0 Å². The molecule has 0 spiro atoms. The molecule has 0 fully saturated rings. The Balaban J connectivity index is 0.000000884. The Morgan fingerprint density at radius 1 is 0.489 bits per heavy atom. The predicted octanol–water partition coefficient (Wildman–Crippen LogP) is 8.98. The number of carbonyl (C=O) groups is 4. The highest BCUT2D eigenvalue weighted by molar-refractivity contribution is 5.91. The quantitative estimate of drug-likeness (QED) is 0.0431. The summed E-state index contributed by atoms with van der Waals surface area (Å²) in [6.45, 7) is 8.07. The average molecular weight is 633 g/mol. The van der Waals surface area contributed by atoms with E-state index in [0.29, 0.717) is 39.3 Å². The standard InChI is InChI=1S/C21H32O4.C16H28O4/c1-2-3-17-24-20(22)15-11-6-4-5-7-12-16-21(23)25-18-19-13-9-8-10-14-19;1-3-5-7-9-13-19-15(17)11-12-16(18)20-14-10-8-6-4-2/h8-10,13-14H,2-7,11-12,15-18H2,1H3;11-12H,3-10,13-14H2,1-2H3. The predicted molar refractivity (Wildman–Crippen MR) is 178 cm³/mol. The molecule has 8 nitrogen and oxygen atoms in total. The van der Waals surface area contributed by atoms with Crippen LogP contribution in [0.2, 0.25) is 0 Å². The number of ether oxygens (including phenoxy) is 4. The second kappa shape index (κ2) is 32.2. The number of esters is 4. The molecule has 0 aliphatic carbocycles. The summed E-state index contributed by atoms with van der Waals surface area (Å²) in [6.07, 6.45) is 19.8. The van der Waals surface area contributed by atoms with Crippen molar-refractivity contribution in [3.63, 3.8) is 0 Å². The maximum Gasteiger partial charge on any atom is 0.331 e. The molecule has 0 amide bonds. The molecule has 0 aliphatic heterocycles. The third-order valence-corrected chi connectivity index (χ3v) is 6.86. The molecule has 45 heavy (non-hydrogen) atoms. The maximum absolute atomic E-state index is 11.7. The number of rotatable bonds is 26. The van der Waals surface area contributed by atoms with Gasteiger partial charge in [-0.05, 0) is 37.7 Å². The van der Waals surface area contributed by atoms with Crippen molar-refractivity contribution in [2.24, 2.45) is 0 Å². The van der Waals surface area contributed by atoms with E-state index in [1.807, 2.05) is 30.3 Å². The van der Waals surface area contributed by atoms with E-state index in [9.17, 15) is 19.2 Å². The van der Waals surface area contributed by atoms with E-state index in [-0.39, 0.29) is 11.9 Å². The minimum Gasteiger partial charge on any atom is -0.466 e. The average Bonchev–Trinajstić information content (AvgIpc) is 3.04. The maximum atomic E-state index is 11.7. The first-order chi connectivity index (χ1) is 21.9. The molecular weight excluding hydrogens is 572 g/mol. The molecule has 1 aromatic carbocycles. The monoisotopic (exact) mass is 632 g/mol. The highest BCUT2D eigenvalue weighted by atomic mass is 16.5. The van der Waals surface area contributed by atoms with E-state index in [1.54, 1.807) is 0 Å². The Morgan fingerprint density at radius 2 is 0.911 bits per heavy atom. The zero-order valence-electron chi connectivity index (χ0n) is 28.4. The van der Waals surface area contributed by atoms with Crippen molar-refractivity contribution < 1.29 is 38.1 Å². The number of carbonyl (C=O) groups excluding carboxylic acids is 4. The van der Waals surface area contributed by atoms with Crippen LogP contribution in [0.4, 0.5) is 0 Å². The molecule has 1 aromatic rings. The van der Waals surface area contributed by atoms with E-state index < -0.39 is 11.9 Å². The Bertz CT molecular complexity index is 869. The van der Waals surface area contributed by atoms with Crippen LogP contribution in [-0.4, -0.2) is 43.7 Å². The Labute approximate surface area is 272 Å².